The molecule has 19 heavy (non-hydrogen) atoms. The summed E-state index contributed by atoms with van der Waals surface area (Å²) in [6, 6.07) is 0. The molecule has 0 amide bonds. The molecule has 0 aliphatic heterocycles. The van der Waals surface area contributed by atoms with Crippen molar-refractivity contribution in [1.82, 2.24) is 26.6 Å². The normalized spacial score (nSPS) is 10.2. The van der Waals surface area contributed by atoms with Crippen LogP contribution in [0.3, 0.4) is 0 Å². The predicted octanol–water partition coefficient (Wildman–Crippen LogP) is -0.636. The molecular weight excluding hydrogens is 318 g/mol. The van der Waals surface area contributed by atoms with Crippen LogP contribution in [-0.2, 0) is 0 Å². The first-order valence-electron chi connectivity index (χ1n) is 6.18. The second-order valence-electron chi connectivity index (χ2n) is 3.71. The first-order valence-corrected chi connectivity index (χ1v) is 7.89. The van der Waals surface area contributed by atoms with E-state index >= 15 is 0 Å². The molecule has 0 aromatic rings. The van der Waals surface area contributed by atoms with E-state index in [1.165, 1.54) is 0 Å². The second kappa shape index (κ2) is 14.8. The molecule has 0 spiro atoms. The summed E-state index contributed by atoms with van der Waals surface area (Å²) in [6.07, 6.45) is 0. The van der Waals surface area contributed by atoms with Gasteiger partial charge in [-0.3, -0.25) is 0 Å². The molecule has 0 saturated heterocycles. The SMILES string of the molecule is S=C(S)NCCNCCNCCNCCNC(=S)S. The van der Waals surface area contributed by atoms with Crippen LogP contribution >= 0.6 is 49.7 Å². The zero-order chi connectivity index (χ0) is 14.3. The zero-order valence-electron chi connectivity index (χ0n) is 10.9. The van der Waals surface area contributed by atoms with E-state index in [9.17, 15) is 0 Å². The second-order valence-corrected chi connectivity index (χ2v) is 6.03. The number of hydrogen-bond donors (Lipinski definition) is 7. The van der Waals surface area contributed by atoms with Crippen molar-refractivity contribution in [2.24, 2.45) is 0 Å². The summed E-state index contributed by atoms with van der Waals surface area (Å²) in [5.74, 6) is 0. The highest BCUT2D eigenvalue weighted by molar-refractivity contribution is 8.11. The quantitative estimate of drug-likeness (QED) is 0.145. The monoisotopic (exact) mass is 341 g/mol. The van der Waals surface area contributed by atoms with Gasteiger partial charge in [-0.1, -0.05) is 24.4 Å². The van der Waals surface area contributed by atoms with Crippen molar-refractivity contribution in [3.63, 3.8) is 0 Å². The van der Waals surface area contributed by atoms with Gasteiger partial charge in [-0.2, -0.15) is 0 Å². The molecule has 0 radical (unpaired) electrons. The van der Waals surface area contributed by atoms with Gasteiger partial charge in [0, 0.05) is 52.4 Å². The Morgan fingerprint density at radius 2 is 0.842 bits per heavy atom. The smallest absolute Gasteiger partial charge is 0.130 e. The standard InChI is InChI=1S/C10H23N5S4/c16-9(17)14-7-5-12-3-1-11-2-4-13-6-8-15-10(18)19/h11-13H,1-8H2,(H2,14,16,17)(H2,15,18,19). The first-order chi connectivity index (χ1) is 9.13. The van der Waals surface area contributed by atoms with Crippen LogP contribution in [0.4, 0.5) is 0 Å². The lowest BCUT2D eigenvalue weighted by Crippen LogP contribution is -2.36. The fourth-order valence-corrected chi connectivity index (χ4v) is 1.67. The van der Waals surface area contributed by atoms with Crippen LogP contribution in [0.1, 0.15) is 0 Å². The molecule has 0 saturated carbocycles. The van der Waals surface area contributed by atoms with Crippen LogP contribution in [0.15, 0.2) is 0 Å². The van der Waals surface area contributed by atoms with E-state index < -0.39 is 0 Å². The highest BCUT2D eigenvalue weighted by Crippen LogP contribution is 1.75. The third-order valence-electron chi connectivity index (χ3n) is 2.11. The summed E-state index contributed by atoms with van der Waals surface area (Å²) >= 11 is 17.5. The molecule has 0 atom stereocenters. The molecule has 0 rings (SSSR count). The fraction of sp³-hybridized carbons (Fsp3) is 0.800. The van der Waals surface area contributed by atoms with Gasteiger partial charge in [0.25, 0.3) is 0 Å². The Balaban J connectivity index is 2.99. The molecule has 0 fully saturated rings. The molecule has 112 valence electrons. The van der Waals surface area contributed by atoms with Gasteiger partial charge < -0.3 is 26.6 Å². The molecule has 0 aromatic heterocycles. The van der Waals surface area contributed by atoms with E-state index in [1.54, 1.807) is 0 Å². The minimum atomic E-state index is 0.541. The Morgan fingerprint density at radius 1 is 0.579 bits per heavy atom. The molecule has 5 nitrogen and oxygen atoms in total. The summed E-state index contributed by atoms with van der Waals surface area (Å²) in [4.78, 5) is 0. The Kier molecular flexibility index (Phi) is 15.0. The molecule has 0 heterocycles. The number of thiocarbonyl (C=S) groups is 2. The van der Waals surface area contributed by atoms with Gasteiger partial charge in [0.05, 0.1) is 0 Å². The number of nitrogens with one attached hydrogen (secondary N) is 5. The third kappa shape index (κ3) is 18.4. The average molecular weight is 342 g/mol. The van der Waals surface area contributed by atoms with Crippen molar-refractivity contribution in [3.8, 4) is 0 Å². The molecule has 0 aliphatic rings. The van der Waals surface area contributed by atoms with Crippen molar-refractivity contribution < 1.29 is 0 Å². The van der Waals surface area contributed by atoms with Crippen molar-refractivity contribution >= 4 is 58.3 Å². The Bertz CT molecular complexity index is 228. The van der Waals surface area contributed by atoms with Crippen molar-refractivity contribution in [1.29, 1.82) is 0 Å². The lowest BCUT2D eigenvalue weighted by molar-refractivity contribution is 0.579. The van der Waals surface area contributed by atoms with Crippen LogP contribution in [0.25, 0.3) is 0 Å². The summed E-state index contributed by atoms with van der Waals surface area (Å²) in [6.45, 7) is 7.17. The minimum Gasteiger partial charge on any atom is -0.370 e. The van der Waals surface area contributed by atoms with Crippen LogP contribution in [0.5, 0.6) is 0 Å². The molecule has 5 N–H and O–H groups in total. The zero-order valence-corrected chi connectivity index (χ0v) is 14.3. The predicted molar refractivity (Wildman–Crippen MR) is 97.8 cm³/mol. The summed E-state index contributed by atoms with van der Waals surface area (Å²) in [7, 11) is 0. The van der Waals surface area contributed by atoms with Gasteiger partial charge in [0.15, 0.2) is 0 Å². The first kappa shape index (κ1) is 19.4. The largest absolute Gasteiger partial charge is 0.370 e. The summed E-state index contributed by atoms with van der Waals surface area (Å²) in [5.41, 5.74) is 0. The van der Waals surface area contributed by atoms with Crippen molar-refractivity contribution in [2.45, 2.75) is 0 Å². The van der Waals surface area contributed by atoms with Crippen LogP contribution in [-0.4, -0.2) is 61.0 Å². The van der Waals surface area contributed by atoms with E-state index in [1.807, 2.05) is 0 Å². The highest BCUT2D eigenvalue weighted by atomic mass is 32.1. The molecule has 0 aliphatic carbocycles. The van der Waals surface area contributed by atoms with Gasteiger partial charge in [-0.05, 0) is 0 Å². The van der Waals surface area contributed by atoms with E-state index in [-0.39, 0.29) is 0 Å². The highest BCUT2D eigenvalue weighted by Gasteiger charge is 1.91. The fourth-order valence-electron chi connectivity index (χ4n) is 1.24. The van der Waals surface area contributed by atoms with Crippen LogP contribution in [0.2, 0.25) is 0 Å². The number of thiol groups is 2. The Hall–Kier alpha value is 0.360. The summed E-state index contributed by atoms with van der Waals surface area (Å²) in [5, 5.41) is 15.9. The van der Waals surface area contributed by atoms with Gasteiger partial charge in [-0.25, -0.2) is 0 Å². The third-order valence-corrected chi connectivity index (χ3v) is 2.72. The molecule has 0 aromatic carbocycles. The number of hydrogen-bond acceptors (Lipinski definition) is 5. The molecular formula is C10H23N5S4. The van der Waals surface area contributed by atoms with E-state index in [2.05, 4.69) is 51.8 Å². The van der Waals surface area contributed by atoms with Crippen LogP contribution in [0, 0.1) is 0 Å². The maximum Gasteiger partial charge on any atom is 0.130 e. The minimum absolute atomic E-state index is 0.541. The average Bonchev–Trinajstić information content (AvgIpc) is 2.34. The van der Waals surface area contributed by atoms with Gasteiger partial charge in [-0.15, -0.1) is 25.3 Å². The van der Waals surface area contributed by atoms with E-state index in [0.29, 0.717) is 8.64 Å². The van der Waals surface area contributed by atoms with Crippen molar-refractivity contribution in [3.05, 3.63) is 0 Å². The Morgan fingerprint density at radius 3 is 1.11 bits per heavy atom. The van der Waals surface area contributed by atoms with E-state index in [0.717, 1.165) is 52.4 Å². The van der Waals surface area contributed by atoms with Gasteiger partial charge in [0.2, 0.25) is 0 Å². The van der Waals surface area contributed by atoms with Gasteiger partial charge >= 0.3 is 0 Å². The van der Waals surface area contributed by atoms with Crippen molar-refractivity contribution in [2.75, 3.05) is 52.4 Å². The van der Waals surface area contributed by atoms with Gasteiger partial charge in [0.1, 0.15) is 8.64 Å². The maximum atomic E-state index is 4.78. The summed E-state index contributed by atoms with van der Waals surface area (Å²) < 4.78 is 1.08. The maximum absolute atomic E-state index is 4.78. The molecule has 0 bridgehead atoms. The topological polar surface area (TPSA) is 60.1 Å². The lowest BCUT2D eigenvalue weighted by Gasteiger charge is -2.08. The lowest BCUT2D eigenvalue weighted by atomic mass is 10.5. The Labute approximate surface area is 137 Å². The van der Waals surface area contributed by atoms with E-state index in [4.69, 9.17) is 24.4 Å². The molecule has 0 unspecified atom stereocenters. The molecule has 9 heteroatoms. The number of rotatable bonds is 12. The van der Waals surface area contributed by atoms with Crippen LogP contribution < -0.4 is 26.6 Å².